The Bertz CT molecular complexity index is 467. The lowest BCUT2D eigenvalue weighted by Gasteiger charge is -2.14. The standard InChI is InChI=1S/C15H21FN2O2/c1-10(2)9-17-15(20-11(3)4)18-14(19)12-5-7-13(16)8-6-12/h5-8,10-11H,9H2,1-4H3,(H,17,18,19). The van der Waals surface area contributed by atoms with Crippen LogP contribution in [0, 0.1) is 11.7 Å². The average Bonchev–Trinajstić information content (AvgIpc) is 2.36. The quantitative estimate of drug-likeness (QED) is 0.681. The zero-order valence-corrected chi connectivity index (χ0v) is 12.3. The van der Waals surface area contributed by atoms with Crippen LogP contribution in [-0.4, -0.2) is 24.6 Å². The predicted octanol–water partition coefficient (Wildman–Crippen LogP) is 2.99. The largest absolute Gasteiger partial charge is 0.462 e. The van der Waals surface area contributed by atoms with Crippen molar-refractivity contribution in [3.8, 4) is 0 Å². The van der Waals surface area contributed by atoms with Gasteiger partial charge < -0.3 is 4.74 Å². The summed E-state index contributed by atoms with van der Waals surface area (Å²) in [5.74, 6) is -0.384. The second-order valence-electron chi connectivity index (χ2n) is 5.17. The van der Waals surface area contributed by atoms with Crippen molar-refractivity contribution in [3.05, 3.63) is 35.6 Å². The monoisotopic (exact) mass is 280 g/mol. The molecule has 1 rings (SSSR count). The smallest absolute Gasteiger partial charge is 0.291 e. The number of halogens is 1. The number of hydrogen-bond acceptors (Lipinski definition) is 3. The van der Waals surface area contributed by atoms with E-state index in [2.05, 4.69) is 10.3 Å². The molecule has 0 aliphatic rings. The van der Waals surface area contributed by atoms with Gasteiger partial charge in [-0.15, -0.1) is 0 Å². The number of amides is 1. The number of carbonyl (C=O) groups is 1. The zero-order valence-electron chi connectivity index (χ0n) is 12.3. The topological polar surface area (TPSA) is 50.7 Å². The molecule has 0 radical (unpaired) electrons. The molecule has 1 amide bonds. The van der Waals surface area contributed by atoms with Gasteiger partial charge in [0.25, 0.3) is 11.9 Å². The van der Waals surface area contributed by atoms with Gasteiger partial charge in [0.2, 0.25) is 0 Å². The van der Waals surface area contributed by atoms with E-state index in [0.29, 0.717) is 18.0 Å². The highest BCUT2D eigenvalue weighted by molar-refractivity contribution is 6.04. The van der Waals surface area contributed by atoms with Crippen molar-refractivity contribution in [2.75, 3.05) is 6.54 Å². The summed E-state index contributed by atoms with van der Waals surface area (Å²) in [6, 6.07) is 5.51. The molecule has 0 spiro atoms. The van der Waals surface area contributed by atoms with E-state index >= 15 is 0 Å². The van der Waals surface area contributed by atoms with E-state index in [-0.39, 0.29) is 23.9 Å². The average molecular weight is 280 g/mol. The van der Waals surface area contributed by atoms with Crippen LogP contribution in [0.15, 0.2) is 29.3 Å². The second kappa shape index (κ2) is 7.62. The number of rotatable bonds is 4. The lowest BCUT2D eigenvalue weighted by molar-refractivity contribution is 0.0959. The molecule has 0 aliphatic carbocycles. The van der Waals surface area contributed by atoms with Gasteiger partial charge in [-0.2, -0.15) is 0 Å². The van der Waals surface area contributed by atoms with Crippen molar-refractivity contribution in [2.24, 2.45) is 10.9 Å². The van der Waals surface area contributed by atoms with Crippen LogP contribution >= 0.6 is 0 Å². The third kappa shape index (κ3) is 5.82. The number of ether oxygens (including phenoxy) is 1. The van der Waals surface area contributed by atoms with Crippen LogP contribution in [-0.2, 0) is 4.74 Å². The number of nitrogens with one attached hydrogen (secondary N) is 1. The number of aliphatic imine (C=N–C) groups is 1. The van der Waals surface area contributed by atoms with Crippen LogP contribution in [0.4, 0.5) is 4.39 Å². The van der Waals surface area contributed by atoms with Crippen LogP contribution in [0.2, 0.25) is 0 Å². The van der Waals surface area contributed by atoms with Crippen molar-refractivity contribution in [2.45, 2.75) is 33.8 Å². The summed E-state index contributed by atoms with van der Waals surface area (Å²) < 4.78 is 18.3. The van der Waals surface area contributed by atoms with Gasteiger partial charge in [-0.3, -0.25) is 10.1 Å². The summed E-state index contributed by atoms with van der Waals surface area (Å²) >= 11 is 0. The maximum absolute atomic E-state index is 12.8. The van der Waals surface area contributed by atoms with Crippen LogP contribution < -0.4 is 5.32 Å². The van der Waals surface area contributed by atoms with Gasteiger partial charge in [0.1, 0.15) is 5.82 Å². The van der Waals surface area contributed by atoms with Gasteiger partial charge in [-0.05, 0) is 44.0 Å². The van der Waals surface area contributed by atoms with Crippen molar-refractivity contribution in [3.63, 3.8) is 0 Å². The first-order valence-corrected chi connectivity index (χ1v) is 6.66. The van der Waals surface area contributed by atoms with Crippen LogP contribution in [0.1, 0.15) is 38.1 Å². The fraction of sp³-hybridized carbons (Fsp3) is 0.467. The highest BCUT2D eigenvalue weighted by Crippen LogP contribution is 2.03. The third-order valence-electron chi connectivity index (χ3n) is 2.27. The molecule has 4 nitrogen and oxygen atoms in total. The SMILES string of the molecule is CC(C)CN=C(NC(=O)c1ccc(F)cc1)OC(C)C. The molecule has 5 heteroatoms. The summed E-state index contributed by atoms with van der Waals surface area (Å²) in [5, 5.41) is 2.61. The summed E-state index contributed by atoms with van der Waals surface area (Å²) in [4.78, 5) is 16.2. The summed E-state index contributed by atoms with van der Waals surface area (Å²) in [5.41, 5.74) is 0.357. The molecule has 0 atom stereocenters. The Kier molecular flexibility index (Phi) is 6.15. The molecule has 0 saturated carbocycles. The van der Waals surface area contributed by atoms with Crippen LogP contribution in [0.3, 0.4) is 0 Å². The van der Waals surface area contributed by atoms with E-state index in [1.54, 1.807) is 0 Å². The van der Waals surface area contributed by atoms with Crippen molar-refractivity contribution in [1.82, 2.24) is 5.32 Å². The van der Waals surface area contributed by atoms with Gasteiger partial charge in [0.15, 0.2) is 0 Å². The molecule has 110 valence electrons. The molecule has 0 bridgehead atoms. The number of carbonyl (C=O) groups excluding carboxylic acids is 1. The zero-order chi connectivity index (χ0) is 15.1. The van der Waals surface area contributed by atoms with Crippen molar-refractivity contribution in [1.29, 1.82) is 0 Å². The van der Waals surface area contributed by atoms with E-state index in [4.69, 9.17) is 4.74 Å². The van der Waals surface area contributed by atoms with E-state index in [1.807, 2.05) is 27.7 Å². The van der Waals surface area contributed by atoms with Gasteiger partial charge in [-0.25, -0.2) is 9.38 Å². The minimum atomic E-state index is -0.381. The first-order chi connectivity index (χ1) is 9.38. The van der Waals surface area contributed by atoms with Crippen molar-refractivity contribution < 1.29 is 13.9 Å². The number of benzene rings is 1. The van der Waals surface area contributed by atoms with E-state index in [0.717, 1.165) is 0 Å². The molecule has 1 N–H and O–H groups in total. The molecule has 0 saturated heterocycles. The number of nitrogens with zero attached hydrogens (tertiary/aromatic N) is 1. The maximum Gasteiger partial charge on any atom is 0.291 e. The predicted molar refractivity (Wildman–Crippen MR) is 77.2 cm³/mol. The molecule has 0 fully saturated rings. The molecule has 1 aromatic rings. The lowest BCUT2D eigenvalue weighted by atomic mass is 10.2. The van der Waals surface area contributed by atoms with Gasteiger partial charge >= 0.3 is 0 Å². The molecule has 0 aromatic heterocycles. The van der Waals surface area contributed by atoms with Gasteiger partial charge in [0.05, 0.1) is 6.10 Å². The Hall–Kier alpha value is -1.91. The minimum Gasteiger partial charge on any atom is -0.462 e. The molecule has 1 aromatic carbocycles. The Balaban J connectivity index is 2.75. The first kappa shape index (κ1) is 16.1. The molecular weight excluding hydrogens is 259 g/mol. The molecular formula is C15H21FN2O2. The van der Waals surface area contributed by atoms with Crippen LogP contribution in [0.25, 0.3) is 0 Å². The minimum absolute atomic E-state index is 0.0885. The lowest BCUT2D eigenvalue weighted by Crippen LogP contribution is -2.34. The first-order valence-electron chi connectivity index (χ1n) is 6.66. The molecule has 0 unspecified atom stereocenters. The molecule has 20 heavy (non-hydrogen) atoms. The Morgan fingerprint density at radius 1 is 1.25 bits per heavy atom. The normalized spacial score (nSPS) is 11.8. The van der Waals surface area contributed by atoms with E-state index in [9.17, 15) is 9.18 Å². The summed E-state index contributed by atoms with van der Waals surface area (Å²) in [6.45, 7) is 8.33. The Morgan fingerprint density at radius 3 is 2.35 bits per heavy atom. The van der Waals surface area contributed by atoms with Crippen LogP contribution in [0.5, 0.6) is 0 Å². The van der Waals surface area contributed by atoms with E-state index < -0.39 is 0 Å². The Labute approximate surface area is 119 Å². The number of amidine groups is 1. The second-order valence-corrected chi connectivity index (χ2v) is 5.17. The Morgan fingerprint density at radius 2 is 1.85 bits per heavy atom. The van der Waals surface area contributed by atoms with E-state index in [1.165, 1.54) is 24.3 Å². The highest BCUT2D eigenvalue weighted by Gasteiger charge is 2.11. The summed E-state index contributed by atoms with van der Waals surface area (Å²) in [7, 11) is 0. The third-order valence-corrected chi connectivity index (χ3v) is 2.27. The maximum atomic E-state index is 12.8. The molecule has 0 heterocycles. The fourth-order valence-electron chi connectivity index (χ4n) is 1.37. The van der Waals surface area contributed by atoms with Crippen molar-refractivity contribution >= 4 is 11.9 Å². The fourth-order valence-corrected chi connectivity index (χ4v) is 1.37. The summed E-state index contributed by atoms with van der Waals surface area (Å²) in [6.07, 6.45) is -0.0885. The number of hydrogen-bond donors (Lipinski definition) is 1. The van der Waals surface area contributed by atoms with Gasteiger partial charge in [0, 0.05) is 12.1 Å². The highest BCUT2D eigenvalue weighted by atomic mass is 19.1. The molecule has 0 aliphatic heterocycles. The van der Waals surface area contributed by atoms with Gasteiger partial charge in [-0.1, -0.05) is 13.8 Å².